The van der Waals surface area contributed by atoms with Crippen molar-refractivity contribution in [1.82, 2.24) is 0 Å². The molecule has 0 N–H and O–H groups in total. The zero-order valence-electron chi connectivity index (χ0n) is 8.36. The fourth-order valence-electron chi connectivity index (χ4n) is 1.03. The minimum atomic E-state index is -3.46. The van der Waals surface area contributed by atoms with Gasteiger partial charge in [-0.3, -0.25) is 4.18 Å². The number of hydrogen-bond acceptors (Lipinski definition) is 4. The minimum absolute atomic E-state index is 0.0808. The summed E-state index contributed by atoms with van der Waals surface area (Å²) in [7, 11) is -1.97. The maximum absolute atomic E-state index is 10.8. The van der Waals surface area contributed by atoms with E-state index in [1.54, 1.807) is 18.2 Å². The molecule has 0 radical (unpaired) electrons. The fraction of sp³-hybridized carbons (Fsp3) is 0.333. The lowest BCUT2D eigenvalue weighted by atomic mass is 10.2. The third-order valence-corrected chi connectivity index (χ3v) is 2.45. The Hall–Kier alpha value is -0.780. The molecule has 4 nitrogen and oxygen atoms in total. The Balaban J connectivity index is 2.88. The third-order valence-electron chi connectivity index (χ3n) is 1.67. The van der Waals surface area contributed by atoms with Crippen molar-refractivity contribution in [3.05, 3.63) is 28.8 Å². The summed E-state index contributed by atoms with van der Waals surface area (Å²) in [5.74, 6) is 0.544. The smallest absolute Gasteiger partial charge is 0.264 e. The lowest BCUT2D eigenvalue weighted by Gasteiger charge is -2.08. The van der Waals surface area contributed by atoms with E-state index in [9.17, 15) is 8.42 Å². The van der Waals surface area contributed by atoms with Crippen LogP contribution in [0.5, 0.6) is 5.75 Å². The summed E-state index contributed by atoms with van der Waals surface area (Å²) >= 11 is 5.76. The van der Waals surface area contributed by atoms with Crippen LogP contribution >= 0.6 is 11.6 Å². The second-order valence-electron chi connectivity index (χ2n) is 2.92. The lowest BCUT2D eigenvalue weighted by molar-refractivity contribution is 0.302. The fourth-order valence-corrected chi connectivity index (χ4v) is 1.57. The van der Waals surface area contributed by atoms with E-state index in [0.717, 1.165) is 6.26 Å². The first-order valence-electron chi connectivity index (χ1n) is 4.09. The zero-order valence-corrected chi connectivity index (χ0v) is 9.93. The molecule has 15 heavy (non-hydrogen) atoms. The van der Waals surface area contributed by atoms with Crippen LogP contribution in [0.3, 0.4) is 0 Å². The number of methoxy groups -OCH3 is 1. The van der Waals surface area contributed by atoms with Crippen LogP contribution < -0.4 is 4.74 Å². The van der Waals surface area contributed by atoms with Gasteiger partial charge in [-0.1, -0.05) is 11.6 Å². The van der Waals surface area contributed by atoms with Crippen LogP contribution in [0.15, 0.2) is 18.2 Å². The van der Waals surface area contributed by atoms with Gasteiger partial charge in [-0.15, -0.1) is 0 Å². The monoisotopic (exact) mass is 250 g/mol. The van der Waals surface area contributed by atoms with Gasteiger partial charge in [0.2, 0.25) is 0 Å². The van der Waals surface area contributed by atoms with Gasteiger partial charge >= 0.3 is 0 Å². The average molecular weight is 251 g/mol. The number of rotatable bonds is 4. The molecule has 0 aliphatic carbocycles. The molecule has 0 atom stereocenters. The van der Waals surface area contributed by atoms with Crippen LogP contribution in [0.4, 0.5) is 0 Å². The minimum Gasteiger partial charge on any atom is -0.496 e. The van der Waals surface area contributed by atoms with E-state index >= 15 is 0 Å². The Morgan fingerprint density at radius 1 is 1.40 bits per heavy atom. The van der Waals surface area contributed by atoms with E-state index in [2.05, 4.69) is 4.18 Å². The van der Waals surface area contributed by atoms with Crippen molar-refractivity contribution < 1.29 is 17.3 Å². The van der Waals surface area contributed by atoms with E-state index < -0.39 is 10.1 Å². The van der Waals surface area contributed by atoms with Crippen molar-refractivity contribution in [1.29, 1.82) is 0 Å². The highest BCUT2D eigenvalue weighted by Gasteiger charge is 2.08. The van der Waals surface area contributed by atoms with Gasteiger partial charge in [0.15, 0.2) is 0 Å². The first-order valence-corrected chi connectivity index (χ1v) is 6.28. The summed E-state index contributed by atoms with van der Waals surface area (Å²) < 4.78 is 31.3. The predicted octanol–water partition coefficient (Wildman–Crippen LogP) is 1.82. The van der Waals surface area contributed by atoms with Crippen LogP contribution in [-0.2, 0) is 20.9 Å². The maximum atomic E-state index is 10.8. The Kier molecular flexibility index (Phi) is 3.96. The van der Waals surface area contributed by atoms with Gasteiger partial charge in [0, 0.05) is 10.6 Å². The van der Waals surface area contributed by atoms with Crippen molar-refractivity contribution in [3.63, 3.8) is 0 Å². The summed E-state index contributed by atoms with van der Waals surface area (Å²) in [6, 6.07) is 4.92. The van der Waals surface area contributed by atoms with Crippen molar-refractivity contribution in [3.8, 4) is 5.75 Å². The molecule has 0 aromatic heterocycles. The Labute approximate surface area is 93.9 Å². The van der Waals surface area contributed by atoms with E-state index in [1.165, 1.54) is 7.11 Å². The molecule has 1 aromatic rings. The summed E-state index contributed by atoms with van der Waals surface area (Å²) in [6.45, 7) is -0.0808. The first-order chi connectivity index (χ1) is 6.92. The standard InChI is InChI=1S/C9H11ClO4S/c1-13-9-4-3-8(10)5-7(9)6-14-15(2,11)12/h3-5H,6H2,1-2H3. The summed E-state index contributed by atoms with van der Waals surface area (Å²) in [5, 5.41) is 0.503. The summed E-state index contributed by atoms with van der Waals surface area (Å²) in [6.07, 6.45) is 0.990. The van der Waals surface area contributed by atoms with Gasteiger partial charge in [0.05, 0.1) is 20.0 Å². The molecule has 0 saturated heterocycles. The summed E-state index contributed by atoms with van der Waals surface area (Å²) in [4.78, 5) is 0. The lowest BCUT2D eigenvalue weighted by Crippen LogP contribution is -2.03. The second kappa shape index (κ2) is 4.83. The van der Waals surface area contributed by atoms with E-state index in [4.69, 9.17) is 16.3 Å². The Bertz CT molecular complexity index is 441. The third kappa shape index (κ3) is 4.07. The van der Waals surface area contributed by atoms with E-state index in [1.807, 2.05) is 0 Å². The SMILES string of the molecule is COc1ccc(Cl)cc1COS(C)(=O)=O. The number of benzene rings is 1. The van der Waals surface area contributed by atoms with Crippen molar-refractivity contribution in [2.45, 2.75) is 6.61 Å². The van der Waals surface area contributed by atoms with Crippen LogP contribution in [0.1, 0.15) is 5.56 Å². The molecule has 1 rings (SSSR count). The summed E-state index contributed by atoms with van der Waals surface area (Å²) in [5.41, 5.74) is 0.593. The molecular formula is C9H11ClO4S. The van der Waals surface area contributed by atoms with Gasteiger partial charge in [0.1, 0.15) is 5.75 Å². The van der Waals surface area contributed by atoms with Crippen LogP contribution in [0.2, 0.25) is 5.02 Å². The molecule has 0 amide bonds. The molecule has 84 valence electrons. The van der Waals surface area contributed by atoms with E-state index in [0.29, 0.717) is 16.3 Å². The van der Waals surface area contributed by atoms with Crippen molar-refractivity contribution >= 4 is 21.7 Å². The van der Waals surface area contributed by atoms with Gasteiger partial charge < -0.3 is 4.74 Å². The first kappa shape index (κ1) is 12.3. The average Bonchev–Trinajstić information content (AvgIpc) is 2.14. The van der Waals surface area contributed by atoms with E-state index in [-0.39, 0.29) is 6.61 Å². The molecule has 0 unspecified atom stereocenters. The Morgan fingerprint density at radius 2 is 2.07 bits per heavy atom. The normalized spacial score (nSPS) is 11.4. The molecule has 0 bridgehead atoms. The van der Waals surface area contributed by atoms with Crippen LogP contribution in [0, 0.1) is 0 Å². The van der Waals surface area contributed by atoms with Crippen molar-refractivity contribution in [2.24, 2.45) is 0 Å². The largest absolute Gasteiger partial charge is 0.496 e. The van der Waals surface area contributed by atoms with Crippen LogP contribution in [0.25, 0.3) is 0 Å². The molecule has 0 fully saturated rings. The Morgan fingerprint density at radius 3 is 2.60 bits per heavy atom. The molecule has 0 heterocycles. The van der Waals surface area contributed by atoms with Gasteiger partial charge in [-0.2, -0.15) is 8.42 Å². The van der Waals surface area contributed by atoms with Gasteiger partial charge in [0.25, 0.3) is 10.1 Å². The van der Waals surface area contributed by atoms with Crippen LogP contribution in [-0.4, -0.2) is 21.8 Å². The van der Waals surface area contributed by atoms with Crippen molar-refractivity contribution in [2.75, 3.05) is 13.4 Å². The molecule has 0 saturated carbocycles. The molecule has 1 aromatic carbocycles. The highest BCUT2D eigenvalue weighted by atomic mass is 35.5. The number of ether oxygens (including phenoxy) is 1. The highest BCUT2D eigenvalue weighted by Crippen LogP contribution is 2.23. The molecule has 0 spiro atoms. The topological polar surface area (TPSA) is 52.6 Å². The second-order valence-corrected chi connectivity index (χ2v) is 5.00. The van der Waals surface area contributed by atoms with Gasteiger partial charge in [-0.25, -0.2) is 0 Å². The molecule has 0 aliphatic heterocycles. The quantitative estimate of drug-likeness (QED) is 0.765. The molecule has 6 heteroatoms. The zero-order chi connectivity index (χ0) is 11.5. The predicted molar refractivity (Wildman–Crippen MR) is 57.6 cm³/mol. The highest BCUT2D eigenvalue weighted by molar-refractivity contribution is 7.85. The van der Waals surface area contributed by atoms with Gasteiger partial charge in [-0.05, 0) is 18.2 Å². The molecule has 0 aliphatic rings. The number of hydrogen-bond donors (Lipinski definition) is 0. The maximum Gasteiger partial charge on any atom is 0.264 e. The molecular weight excluding hydrogens is 240 g/mol. The number of halogens is 1.